The fourth-order valence-electron chi connectivity index (χ4n) is 2.17. The van der Waals surface area contributed by atoms with Gasteiger partial charge >= 0.3 is 5.97 Å². The van der Waals surface area contributed by atoms with E-state index in [9.17, 15) is 4.79 Å². The molecule has 2 heterocycles. The maximum absolute atomic E-state index is 10.7. The normalized spacial score (nSPS) is 19.0. The quantitative estimate of drug-likeness (QED) is 0.850. The molecule has 1 unspecified atom stereocenters. The van der Waals surface area contributed by atoms with E-state index in [0.717, 1.165) is 25.2 Å². The van der Waals surface area contributed by atoms with Gasteiger partial charge in [0.15, 0.2) is 0 Å². The third-order valence-electron chi connectivity index (χ3n) is 2.96. The standard InChI is InChI=1S/C12H13N3O2/c13-7-9-3-4-11(14-8-9)15-5-1-2-10(15)6-12(16)17/h3-4,8,10H,1-2,5-6H2,(H,16,17). The number of anilines is 1. The summed E-state index contributed by atoms with van der Waals surface area (Å²) in [5.74, 6) is -0.0247. The summed E-state index contributed by atoms with van der Waals surface area (Å²) in [7, 11) is 0. The predicted molar refractivity (Wildman–Crippen MR) is 61.6 cm³/mol. The van der Waals surface area contributed by atoms with Crippen molar-refractivity contribution in [3.8, 4) is 6.07 Å². The molecule has 1 saturated heterocycles. The molecule has 88 valence electrons. The molecule has 1 aliphatic rings. The van der Waals surface area contributed by atoms with Crippen LogP contribution in [-0.4, -0.2) is 28.6 Å². The molecule has 0 bridgehead atoms. The van der Waals surface area contributed by atoms with Crippen molar-refractivity contribution < 1.29 is 9.90 Å². The summed E-state index contributed by atoms with van der Waals surface area (Å²) in [6, 6.07) is 5.52. The summed E-state index contributed by atoms with van der Waals surface area (Å²) in [5, 5.41) is 17.5. The van der Waals surface area contributed by atoms with Crippen LogP contribution in [-0.2, 0) is 4.79 Å². The van der Waals surface area contributed by atoms with Crippen LogP contribution in [0.2, 0.25) is 0 Å². The molecule has 1 aromatic heterocycles. The second kappa shape index (κ2) is 4.83. The first-order valence-corrected chi connectivity index (χ1v) is 5.55. The van der Waals surface area contributed by atoms with Crippen molar-refractivity contribution in [3.05, 3.63) is 23.9 Å². The van der Waals surface area contributed by atoms with Crippen molar-refractivity contribution >= 4 is 11.8 Å². The zero-order chi connectivity index (χ0) is 12.3. The second-order valence-corrected chi connectivity index (χ2v) is 4.10. The molecule has 0 spiro atoms. The Morgan fingerprint density at radius 2 is 2.47 bits per heavy atom. The summed E-state index contributed by atoms with van der Waals surface area (Å²) >= 11 is 0. The number of pyridine rings is 1. The highest BCUT2D eigenvalue weighted by molar-refractivity contribution is 5.68. The lowest BCUT2D eigenvalue weighted by Gasteiger charge is -2.24. The summed E-state index contributed by atoms with van der Waals surface area (Å²) in [6.45, 7) is 0.830. The first-order valence-electron chi connectivity index (χ1n) is 5.55. The van der Waals surface area contributed by atoms with Gasteiger partial charge in [0.2, 0.25) is 0 Å². The van der Waals surface area contributed by atoms with Gasteiger partial charge in [-0.3, -0.25) is 4.79 Å². The van der Waals surface area contributed by atoms with Gasteiger partial charge in [-0.2, -0.15) is 5.26 Å². The Labute approximate surface area is 99.3 Å². The zero-order valence-corrected chi connectivity index (χ0v) is 9.33. The number of nitrogens with zero attached hydrogens (tertiary/aromatic N) is 3. The van der Waals surface area contributed by atoms with E-state index in [0.29, 0.717) is 5.56 Å². The molecule has 0 radical (unpaired) electrons. The third-order valence-corrected chi connectivity index (χ3v) is 2.96. The summed E-state index contributed by atoms with van der Waals surface area (Å²) < 4.78 is 0. The molecule has 5 heteroatoms. The number of rotatable bonds is 3. The molecule has 1 N–H and O–H groups in total. The number of carboxylic acids is 1. The zero-order valence-electron chi connectivity index (χ0n) is 9.33. The van der Waals surface area contributed by atoms with Crippen LogP contribution in [0.5, 0.6) is 0 Å². The Bertz CT molecular complexity index is 450. The highest BCUT2D eigenvalue weighted by Crippen LogP contribution is 2.25. The Kier molecular flexibility index (Phi) is 3.24. The molecule has 0 saturated carbocycles. The number of nitriles is 1. The number of carboxylic acid groups (broad SMARTS) is 1. The van der Waals surface area contributed by atoms with E-state index in [-0.39, 0.29) is 12.5 Å². The van der Waals surface area contributed by atoms with Gasteiger partial charge in [-0.15, -0.1) is 0 Å². The molecule has 2 rings (SSSR count). The molecular formula is C12H13N3O2. The van der Waals surface area contributed by atoms with Gasteiger partial charge in [0, 0.05) is 18.8 Å². The second-order valence-electron chi connectivity index (χ2n) is 4.10. The van der Waals surface area contributed by atoms with Crippen molar-refractivity contribution in [2.45, 2.75) is 25.3 Å². The predicted octanol–water partition coefficient (Wildman–Crippen LogP) is 1.40. The smallest absolute Gasteiger partial charge is 0.305 e. The van der Waals surface area contributed by atoms with E-state index in [1.165, 1.54) is 6.20 Å². The molecule has 1 fully saturated rings. The van der Waals surface area contributed by atoms with Crippen LogP contribution in [0.15, 0.2) is 18.3 Å². The molecule has 17 heavy (non-hydrogen) atoms. The maximum Gasteiger partial charge on any atom is 0.305 e. The van der Waals surface area contributed by atoms with Crippen molar-refractivity contribution in [2.75, 3.05) is 11.4 Å². The summed E-state index contributed by atoms with van der Waals surface area (Å²) in [6.07, 6.45) is 3.53. The Hall–Kier alpha value is -2.09. The lowest BCUT2D eigenvalue weighted by Crippen LogP contribution is -2.31. The molecule has 0 amide bonds. The molecule has 5 nitrogen and oxygen atoms in total. The number of hydrogen-bond acceptors (Lipinski definition) is 4. The van der Waals surface area contributed by atoms with Crippen LogP contribution in [0.3, 0.4) is 0 Å². The average molecular weight is 231 g/mol. The number of carbonyl (C=O) groups is 1. The van der Waals surface area contributed by atoms with Crippen LogP contribution in [0.4, 0.5) is 5.82 Å². The van der Waals surface area contributed by atoms with Gasteiger partial charge in [-0.05, 0) is 25.0 Å². The van der Waals surface area contributed by atoms with E-state index in [4.69, 9.17) is 10.4 Å². The summed E-state index contributed by atoms with van der Waals surface area (Å²) in [5.41, 5.74) is 0.516. The van der Waals surface area contributed by atoms with Crippen molar-refractivity contribution in [3.63, 3.8) is 0 Å². The Balaban J connectivity index is 2.14. The van der Waals surface area contributed by atoms with Gasteiger partial charge in [0.05, 0.1) is 12.0 Å². The molecule has 1 aliphatic heterocycles. The lowest BCUT2D eigenvalue weighted by atomic mass is 10.1. The van der Waals surface area contributed by atoms with Crippen LogP contribution < -0.4 is 4.90 Å². The number of aliphatic carboxylic acids is 1. The van der Waals surface area contributed by atoms with E-state index < -0.39 is 5.97 Å². The minimum absolute atomic E-state index is 0.0212. The largest absolute Gasteiger partial charge is 0.481 e. The molecule has 0 aliphatic carbocycles. The summed E-state index contributed by atoms with van der Waals surface area (Å²) in [4.78, 5) is 17.0. The monoisotopic (exact) mass is 231 g/mol. The number of hydrogen-bond donors (Lipinski definition) is 1. The van der Waals surface area contributed by atoms with Gasteiger partial charge in [0.1, 0.15) is 11.9 Å². The van der Waals surface area contributed by atoms with Gasteiger partial charge in [-0.25, -0.2) is 4.98 Å². The molecular weight excluding hydrogens is 218 g/mol. The third kappa shape index (κ3) is 2.53. The van der Waals surface area contributed by atoms with E-state index in [2.05, 4.69) is 4.98 Å². The number of aromatic nitrogens is 1. The average Bonchev–Trinajstić information content (AvgIpc) is 2.76. The first-order chi connectivity index (χ1) is 8.20. The van der Waals surface area contributed by atoms with Crippen LogP contribution in [0.25, 0.3) is 0 Å². The Morgan fingerprint density at radius 3 is 3.06 bits per heavy atom. The van der Waals surface area contributed by atoms with Gasteiger partial charge < -0.3 is 10.0 Å². The molecule has 1 aromatic rings. The maximum atomic E-state index is 10.7. The van der Waals surface area contributed by atoms with Gasteiger partial charge in [0.25, 0.3) is 0 Å². The fraction of sp³-hybridized carbons (Fsp3) is 0.417. The van der Waals surface area contributed by atoms with Crippen LogP contribution in [0.1, 0.15) is 24.8 Å². The van der Waals surface area contributed by atoms with Crippen molar-refractivity contribution in [1.29, 1.82) is 5.26 Å². The molecule has 1 atom stereocenters. The highest BCUT2D eigenvalue weighted by atomic mass is 16.4. The van der Waals surface area contributed by atoms with E-state index in [1.807, 2.05) is 11.0 Å². The molecule has 0 aromatic carbocycles. The topological polar surface area (TPSA) is 77.2 Å². The first kappa shape index (κ1) is 11.4. The minimum atomic E-state index is -0.782. The fourth-order valence-corrected chi connectivity index (χ4v) is 2.17. The van der Waals surface area contributed by atoms with Crippen LogP contribution in [0, 0.1) is 11.3 Å². The minimum Gasteiger partial charge on any atom is -0.481 e. The Morgan fingerprint density at radius 1 is 1.65 bits per heavy atom. The van der Waals surface area contributed by atoms with Crippen molar-refractivity contribution in [2.24, 2.45) is 0 Å². The van der Waals surface area contributed by atoms with Gasteiger partial charge in [-0.1, -0.05) is 0 Å². The SMILES string of the molecule is N#Cc1ccc(N2CCCC2CC(=O)O)nc1. The van der Waals surface area contributed by atoms with E-state index >= 15 is 0 Å². The lowest BCUT2D eigenvalue weighted by molar-refractivity contribution is -0.137. The van der Waals surface area contributed by atoms with E-state index in [1.54, 1.807) is 12.1 Å². The van der Waals surface area contributed by atoms with Crippen LogP contribution >= 0.6 is 0 Å². The highest BCUT2D eigenvalue weighted by Gasteiger charge is 2.27. The van der Waals surface area contributed by atoms with Crippen molar-refractivity contribution in [1.82, 2.24) is 4.98 Å².